The summed E-state index contributed by atoms with van der Waals surface area (Å²) in [5, 5.41) is 0. The van der Waals surface area contributed by atoms with Crippen molar-refractivity contribution >= 4 is 5.82 Å². The quantitative estimate of drug-likeness (QED) is 0.885. The molecule has 1 aliphatic rings. The van der Waals surface area contributed by atoms with Crippen LogP contribution in [0.3, 0.4) is 0 Å². The van der Waals surface area contributed by atoms with E-state index in [1.54, 1.807) is 0 Å². The maximum atomic E-state index is 5.95. The molecule has 0 aliphatic carbocycles. The first-order chi connectivity index (χ1) is 8.59. The van der Waals surface area contributed by atoms with E-state index in [2.05, 4.69) is 9.97 Å². The molecular formula is C13H21N3O2. The Morgan fingerprint density at radius 1 is 1.28 bits per heavy atom. The highest BCUT2D eigenvalue weighted by Crippen LogP contribution is 2.34. The summed E-state index contributed by atoms with van der Waals surface area (Å²) < 4.78 is 11.4. The summed E-state index contributed by atoms with van der Waals surface area (Å²) >= 11 is 0. The number of hydrogen-bond acceptors (Lipinski definition) is 5. The summed E-state index contributed by atoms with van der Waals surface area (Å²) in [7, 11) is 0. The first-order valence-electron chi connectivity index (χ1n) is 6.42. The van der Waals surface area contributed by atoms with Gasteiger partial charge in [-0.1, -0.05) is 0 Å². The van der Waals surface area contributed by atoms with Gasteiger partial charge in [-0.2, -0.15) is 0 Å². The van der Waals surface area contributed by atoms with E-state index in [4.69, 9.17) is 15.2 Å². The second-order valence-electron chi connectivity index (χ2n) is 4.68. The summed E-state index contributed by atoms with van der Waals surface area (Å²) in [6, 6.07) is 0. The molecule has 2 heterocycles. The number of nitrogen functional groups attached to an aromatic ring is 1. The van der Waals surface area contributed by atoms with Crippen molar-refractivity contribution in [3.05, 3.63) is 17.1 Å². The average molecular weight is 251 g/mol. The molecule has 0 bridgehead atoms. The molecule has 0 amide bonds. The number of nitrogens with zero attached hydrogens (tertiary/aromatic N) is 2. The van der Waals surface area contributed by atoms with Crippen molar-refractivity contribution in [3.63, 3.8) is 0 Å². The van der Waals surface area contributed by atoms with Gasteiger partial charge in [-0.3, -0.25) is 0 Å². The highest BCUT2D eigenvalue weighted by Gasteiger charge is 2.38. The Kier molecular flexibility index (Phi) is 3.82. The molecule has 0 radical (unpaired) electrons. The van der Waals surface area contributed by atoms with E-state index in [1.807, 2.05) is 20.8 Å². The van der Waals surface area contributed by atoms with Gasteiger partial charge in [0.2, 0.25) is 0 Å². The topological polar surface area (TPSA) is 70.3 Å². The summed E-state index contributed by atoms with van der Waals surface area (Å²) in [6.45, 7) is 7.87. The zero-order valence-electron chi connectivity index (χ0n) is 11.3. The minimum absolute atomic E-state index is 0.431. The van der Waals surface area contributed by atoms with Crippen LogP contribution in [0.2, 0.25) is 0 Å². The number of aryl methyl sites for hydroxylation is 1. The van der Waals surface area contributed by atoms with E-state index >= 15 is 0 Å². The fraction of sp³-hybridized carbons (Fsp3) is 0.692. The van der Waals surface area contributed by atoms with E-state index in [0.29, 0.717) is 31.5 Å². The van der Waals surface area contributed by atoms with Gasteiger partial charge in [0.15, 0.2) is 5.82 Å². The number of aromatic nitrogens is 2. The number of hydrogen-bond donors (Lipinski definition) is 1. The van der Waals surface area contributed by atoms with Crippen molar-refractivity contribution in [2.45, 2.75) is 39.2 Å². The lowest BCUT2D eigenvalue weighted by Crippen LogP contribution is -2.38. The molecule has 1 aromatic heterocycles. The molecule has 0 unspecified atom stereocenters. The third-order valence-electron chi connectivity index (χ3n) is 3.56. The van der Waals surface area contributed by atoms with Gasteiger partial charge in [-0.15, -0.1) is 0 Å². The summed E-state index contributed by atoms with van der Waals surface area (Å²) in [5.41, 5.74) is 7.38. The third-order valence-corrected chi connectivity index (χ3v) is 3.56. The predicted octanol–water partition coefficient (Wildman–Crippen LogP) is 1.72. The van der Waals surface area contributed by atoms with Crippen LogP contribution in [-0.4, -0.2) is 29.8 Å². The first kappa shape index (κ1) is 13.2. The molecule has 1 saturated heterocycles. The van der Waals surface area contributed by atoms with Gasteiger partial charge in [-0.25, -0.2) is 9.97 Å². The molecule has 0 spiro atoms. The number of anilines is 1. The molecule has 1 aromatic rings. The molecular weight excluding hydrogens is 230 g/mol. The number of rotatable bonds is 3. The molecule has 1 fully saturated rings. The lowest BCUT2D eigenvalue weighted by Gasteiger charge is -2.35. The molecule has 0 atom stereocenters. The molecule has 0 saturated carbocycles. The standard InChI is InChI=1S/C13H21N3O2/c1-4-18-13(5-7-17-8-6-13)12-15-10(3)9(2)11(14)16-12/h4-8H2,1-3H3,(H2,14,15,16). The highest BCUT2D eigenvalue weighted by atomic mass is 16.5. The van der Waals surface area contributed by atoms with Crippen LogP contribution >= 0.6 is 0 Å². The molecule has 5 heteroatoms. The van der Waals surface area contributed by atoms with Gasteiger partial charge in [0.1, 0.15) is 11.4 Å². The molecule has 0 aromatic carbocycles. The molecule has 2 rings (SSSR count). The van der Waals surface area contributed by atoms with Crippen molar-refractivity contribution < 1.29 is 9.47 Å². The molecule has 2 N–H and O–H groups in total. The van der Waals surface area contributed by atoms with Gasteiger partial charge in [0, 0.05) is 43.9 Å². The minimum Gasteiger partial charge on any atom is -0.383 e. The van der Waals surface area contributed by atoms with Gasteiger partial charge < -0.3 is 15.2 Å². The Hall–Kier alpha value is -1.20. The summed E-state index contributed by atoms with van der Waals surface area (Å²) in [4.78, 5) is 9.01. The van der Waals surface area contributed by atoms with E-state index < -0.39 is 5.60 Å². The number of nitrogens with two attached hydrogens (primary N) is 1. The highest BCUT2D eigenvalue weighted by molar-refractivity contribution is 5.41. The van der Waals surface area contributed by atoms with E-state index in [-0.39, 0.29) is 0 Å². The van der Waals surface area contributed by atoms with Crippen molar-refractivity contribution in [2.75, 3.05) is 25.6 Å². The Morgan fingerprint density at radius 2 is 1.94 bits per heavy atom. The first-order valence-corrected chi connectivity index (χ1v) is 6.42. The van der Waals surface area contributed by atoms with Crippen molar-refractivity contribution in [1.82, 2.24) is 9.97 Å². The van der Waals surface area contributed by atoms with Crippen LogP contribution in [0.25, 0.3) is 0 Å². The van der Waals surface area contributed by atoms with E-state index in [1.165, 1.54) is 0 Å². The van der Waals surface area contributed by atoms with Crippen molar-refractivity contribution in [1.29, 1.82) is 0 Å². The Balaban J connectivity index is 2.42. The van der Waals surface area contributed by atoms with Crippen LogP contribution in [0.5, 0.6) is 0 Å². The van der Waals surface area contributed by atoms with Gasteiger partial charge in [0.25, 0.3) is 0 Å². The van der Waals surface area contributed by atoms with Crippen LogP contribution in [0.4, 0.5) is 5.82 Å². The number of ether oxygens (including phenoxy) is 2. The van der Waals surface area contributed by atoms with Crippen LogP contribution < -0.4 is 5.73 Å². The molecule has 5 nitrogen and oxygen atoms in total. The summed E-state index contributed by atoms with van der Waals surface area (Å²) in [6.07, 6.45) is 1.56. The zero-order chi connectivity index (χ0) is 13.2. The van der Waals surface area contributed by atoms with Crippen LogP contribution in [0.15, 0.2) is 0 Å². The average Bonchev–Trinajstić information content (AvgIpc) is 2.37. The normalized spacial score (nSPS) is 18.8. The SMILES string of the molecule is CCOC1(c2nc(C)c(C)c(N)n2)CCOCC1. The monoisotopic (exact) mass is 251 g/mol. The molecule has 1 aliphatic heterocycles. The van der Waals surface area contributed by atoms with Crippen LogP contribution in [-0.2, 0) is 15.1 Å². The maximum Gasteiger partial charge on any atom is 0.163 e. The predicted molar refractivity (Wildman–Crippen MR) is 69.3 cm³/mol. The lowest BCUT2D eigenvalue weighted by molar-refractivity contribution is -0.117. The molecule has 100 valence electrons. The van der Waals surface area contributed by atoms with E-state index in [9.17, 15) is 0 Å². The second kappa shape index (κ2) is 5.20. The fourth-order valence-corrected chi connectivity index (χ4v) is 2.26. The van der Waals surface area contributed by atoms with Crippen LogP contribution in [0, 0.1) is 13.8 Å². The van der Waals surface area contributed by atoms with Gasteiger partial charge in [-0.05, 0) is 20.8 Å². The largest absolute Gasteiger partial charge is 0.383 e. The Bertz CT molecular complexity index is 400. The van der Waals surface area contributed by atoms with Gasteiger partial charge in [0.05, 0.1) is 0 Å². The smallest absolute Gasteiger partial charge is 0.163 e. The summed E-state index contributed by atoms with van der Waals surface area (Å²) in [5.74, 6) is 1.25. The van der Waals surface area contributed by atoms with E-state index in [0.717, 1.165) is 24.1 Å². The maximum absolute atomic E-state index is 5.95. The fourth-order valence-electron chi connectivity index (χ4n) is 2.26. The Labute approximate surface area is 108 Å². The molecule has 18 heavy (non-hydrogen) atoms. The third kappa shape index (κ3) is 2.33. The zero-order valence-corrected chi connectivity index (χ0v) is 11.3. The lowest BCUT2D eigenvalue weighted by atomic mass is 9.92. The van der Waals surface area contributed by atoms with Crippen molar-refractivity contribution in [2.24, 2.45) is 0 Å². The van der Waals surface area contributed by atoms with Crippen molar-refractivity contribution in [3.8, 4) is 0 Å². The second-order valence-corrected chi connectivity index (χ2v) is 4.68. The Morgan fingerprint density at radius 3 is 2.50 bits per heavy atom. The van der Waals surface area contributed by atoms with Crippen LogP contribution in [0.1, 0.15) is 36.8 Å². The van der Waals surface area contributed by atoms with Gasteiger partial charge >= 0.3 is 0 Å². The minimum atomic E-state index is -0.431.